The number of nitrogens with zero attached hydrogens (tertiary/aromatic N) is 2. The Morgan fingerprint density at radius 1 is 0.976 bits per heavy atom. The van der Waals surface area contributed by atoms with Crippen LogP contribution in [0.15, 0.2) is 41.8 Å². The van der Waals surface area contributed by atoms with Gasteiger partial charge in [0.25, 0.3) is 0 Å². The zero-order chi connectivity index (χ0) is 31.1. The maximum Gasteiger partial charge on any atom is 0.326 e. The van der Waals surface area contributed by atoms with Crippen LogP contribution in [0.3, 0.4) is 0 Å². The summed E-state index contributed by atoms with van der Waals surface area (Å²) in [6.07, 6.45) is 5.59. The molecular formula is C26H39N9O6S. The molecule has 0 fully saturated rings. The van der Waals surface area contributed by atoms with Gasteiger partial charge in [-0.15, -0.1) is 0 Å². The van der Waals surface area contributed by atoms with Crippen LogP contribution >= 0.6 is 11.8 Å². The fourth-order valence-electron chi connectivity index (χ4n) is 3.87. The molecule has 230 valence electrons. The number of nitrogens with two attached hydrogens (primary N) is 3. The molecule has 42 heavy (non-hydrogen) atoms. The summed E-state index contributed by atoms with van der Waals surface area (Å²) in [5, 5.41) is 27.1. The number of guanidine groups is 1. The third-order valence-corrected chi connectivity index (χ3v) is 6.79. The first kappa shape index (κ1) is 33.9. The average molecular weight is 606 g/mol. The number of aliphatic carboxylic acids is 1. The van der Waals surface area contributed by atoms with Crippen LogP contribution in [0.5, 0.6) is 5.75 Å². The minimum atomic E-state index is -1.30. The van der Waals surface area contributed by atoms with Crippen molar-refractivity contribution in [2.75, 3.05) is 18.6 Å². The van der Waals surface area contributed by atoms with Crippen molar-refractivity contribution in [1.82, 2.24) is 25.9 Å². The van der Waals surface area contributed by atoms with Crippen LogP contribution in [0.2, 0.25) is 0 Å². The highest BCUT2D eigenvalue weighted by Gasteiger charge is 2.30. The number of aliphatic imine (C=N–C) groups is 1. The maximum absolute atomic E-state index is 13.4. The Hall–Kier alpha value is -4.31. The summed E-state index contributed by atoms with van der Waals surface area (Å²) in [5.41, 5.74) is 17.7. The van der Waals surface area contributed by atoms with Crippen LogP contribution in [0.1, 0.15) is 30.5 Å². The highest BCUT2D eigenvalue weighted by Crippen LogP contribution is 2.13. The van der Waals surface area contributed by atoms with Gasteiger partial charge in [-0.2, -0.15) is 11.8 Å². The molecule has 4 unspecified atom stereocenters. The summed E-state index contributed by atoms with van der Waals surface area (Å²) in [6, 6.07) is 1.59. The first-order valence-corrected chi connectivity index (χ1v) is 14.6. The fourth-order valence-corrected chi connectivity index (χ4v) is 4.34. The zero-order valence-corrected chi connectivity index (χ0v) is 24.1. The molecule has 2 aromatic rings. The number of aromatic hydroxyl groups is 1. The van der Waals surface area contributed by atoms with Crippen molar-refractivity contribution in [3.63, 3.8) is 0 Å². The Kier molecular flexibility index (Phi) is 14.1. The number of phenols is 1. The van der Waals surface area contributed by atoms with Gasteiger partial charge in [0.1, 0.15) is 23.9 Å². The van der Waals surface area contributed by atoms with Crippen molar-refractivity contribution in [3.8, 4) is 5.75 Å². The molecule has 0 spiro atoms. The van der Waals surface area contributed by atoms with Crippen LogP contribution in [-0.2, 0) is 32.0 Å². The van der Waals surface area contributed by atoms with Crippen LogP contribution in [0.4, 0.5) is 0 Å². The number of thioether (sulfide) groups is 1. The van der Waals surface area contributed by atoms with Crippen LogP contribution < -0.4 is 33.2 Å². The molecule has 0 aliphatic heterocycles. The van der Waals surface area contributed by atoms with Gasteiger partial charge in [0, 0.05) is 31.3 Å². The lowest BCUT2D eigenvalue weighted by atomic mass is 10.0. The zero-order valence-electron chi connectivity index (χ0n) is 23.3. The van der Waals surface area contributed by atoms with Gasteiger partial charge < -0.3 is 48.3 Å². The van der Waals surface area contributed by atoms with Gasteiger partial charge >= 0.3 is 5.97 Å². The molecule has 0 radical (unpaired) electrons. The molecule has 0 aliphatic rings. The van der Waals surface area contributed by atoms with Crippen molar-refractivity contribution in [1.29, 1.82) is 0 Å². The molecule has 3 amide bonds. The number of carbonyl (C=O) groups excluding carboxylic acids is 3. The number of nitrogens with one attached hydrogen (secondary N) is 4. The highest BCUT2D eigenvalue weighted by atomic mass is 32.2. The van der Waals surface area contributed by atoms with Gasteiger partial charge in [0.2, 0.25) is 17.7 Å². The van der Waals surface area contributed by atoms with Gasteiger partial charge in [0.15, 0.2) is 5.96 Å². The molecule has 2 rings (SSSR count). The lowest BCUT2D eigenvalue weighted by molar-refractivity contribution is -0.142. The summed E-state index contributed by atoms with van der Waals surface area (Å²) < 4.78 is 0. The Balaban J connectivity index is 2.18. The highest BCUT2D eigenvalue weighted by molar-refractivity contribution is 7.98. The number of aromatic nitrogens is 2. The second kappa shape index (κ2) is 17.5. The van der Waals surface area contributed by atoms with E-state index in [0.717, 1.165) is 0 Å². The standard InChI is InChI=1S/C26H39N9O6S/c1-42-10-8-19(33-22(37)18(27)3-2-9-31-26(28)29)23(38)34-20(11-15-4-6-17(36)7-5-15)24(39)35-21(25(40)41)12-16-13-30-14-32-16/h4-7,13-14,18-21,36H,2-3,8-12,27H2,1H3,(H,30,32)(H,33,37)(H,34,38)(H,35,39)(H,40,41)(H4,28,29,31). The summed E-state index contributed by atoms with van der Waals surface area (Å²) >= 11 is 1.47. The lowest BCUT2D eigenvalue weighted by Gasteiger charge is -2.25. The van der Waals surface area contributed by atoms with E-state index in [2.05, 4.69) is 30.9 Å². The molecular weight excluding hydrogens is 566 g/mol. The number of H-pyrrole nitrogens is 1. The quantitative estimate of drug-likeness (QED) is 0.0540. The Labute approximate surface area is 247 Å². The lowest BCUT2D eigenvalue weighted by Crippen LogP contribution is -2.58. The number of carbonyl (C=O) groups is 4. The Morgan fingerprint density at radius 3 is 2.21 bits per heavy atom. The molecule has 1 heterocycles. The van der Waals surface area contributed by atoms with Crippen molar-refractivity contribution in [2.45, 2.75) is 56.3 Å². The van der Waals surface area contributed by atoms with Crippen LogP contribution in [0.25, 0.3) is 0 Å². The van der Waals surface area contributed by atoms with Crippen molar-refractivity contribution >= 4 is 41.4 Å². The molecule has 16 heteroatoms. The molecule has 0 saturated carbocycles. The van der Waals surface area contributed by atoms with E-state index in [4.69, 9.17) is 17.2 Å². The Bertz CT molecular complexity index is 1190. The fraction of sp³-hybridized carbons (Fsp3) is 0.462. The van der Waals surface area contributed by atoms with E-state index in [1.807, 2.05) is 6.26 Å². The van der Waals surface area contributed by atoms with Gasteiger partial charge in [-0.3, -0.25) is 19.4 Å². The monoisotopic (exact) mass is 605 g/mol. The Morgan fingerprint density at radius 2 is 1.62 bits per heavy atom. The van der Waals surface area contributed by atoms with E-state index < -0.39 is 47.9 Å². The summed E-state index contributed by atoms with van der Waals surface area (Å²) in [4.78, 5) is 61.9. The van der Waals surface area contributed by atoms with Crippen molar-refractivity contribution < 1.29 is 29.4 Å². The van der Waals surface area contributed by atoms with Crippen LogP contribution in [0, 0.1) is 0 Å². The van der Waals surface area contributed by atoms with E-state index in [0.29, 0.717) is 30.0 Å². The normalized spacial score (nSPS) is 13.7. The van der Waals surface area contributed by atoms with Crippen molar-refractivity contribution in [3.05, 3.63) is 48.0 Å². The molecule has 4 atom stereocenters. The maximum atomic E-state index is 13.4. The van der Waals surface area contributed by atoms with E-state index >= 15 is 0 Å². The number of benzene rings is 1. The van der Waals surface area contributed by atoms with E-state index in [-0.39, 0.29) is 37.4 Å². The molecule has 1 aromatic heterocycles. The largest absolute Gasteiger partial charge is 0.508 e. The number of carboxylic acid groups (broad SMARTS) is 1. The average Bonchev–Trinajstić information content (AvgIpc) is 3.46. The minimum absolute atomic E-state index is 0.0122. The number of hydrogen-bond donors (Lipinski definition) is 9. The molecule has 0 aliphatic carbocycles. The van der Waals surface area contributed by atoms with Gasteiger partial charge in [-0.1, -0.05) is 12.1 Å². The predicted molar refractivity (Wildman–Crippen MR) is 158 cm³/mol. The van der Waals surface area contributed by atoms with Gasteiger partial charge in [0.05, 0.1) is 12.4 Å². The van der Waals surface area contributed by atoms with E-state index in [9.17, 15) is 29.4 Å². The second-order valence-corrected chi connectivity index (χ2v) is 10.5. The summed E-state index contributed by atoms with van der Waals surface area (Å²) in [6.45, 7) is 0.297. The third kappa shape index (κ3) is 12.1. The number of aromatic amines is 1. The first-order valence-electron chi connectivity index (χ1n) is 13.2. The number of carboxylic acids is 1. The number of hydrogen-bond acceptors (Lipinski definition) is 9. The first-order chi connectivity index (χ1) is 20.0. The third-order valence-electron chi connectivity index (χ3n) is 6.15. The van der Waals surface area contributed by atoms with Crippen LogP contribution in [-0.4, -0.2) is 92.6 Å². The molecule has 15 nitrogen and oxygen atoms in total. The van der Waals surface area contributed by atoms with Gasteiger partial charge in [-0.25, -0.2) is 9.78 Å². The molecule has 0 saturated heterocycles. The number of imidazole rings is 1. The summed E-state index contributed by atoms with van der Waals surface area (Å²) in [5.74, 6) is -2.72. The van der Waals surface area contributed by atoms with E-state index in [1.54, 1.807) is 12.1 Å². The predicted octanol–water partition coefficient (Wildman–Crippen LogP) is -1.43. The smallest absolute Gasteiger partial charge is 0.326 e. The SMILES string of the molecule is CSCCC(NC(=O)C(N)CCCN=C(N)N)C(=O)NC(Cc1ccc(O)cc1)C(=O)NC(Cc1cnc[nH]1)C(=O)O. The summed E-state index contributed by atoms with van der Waals surface area (Å²) in [7, 11) is 0. The number of rotatable bonds is 18. The van der Waals surface area contributed by atoms with Gasteiger partial charge in [-0.05, 0) is 49.0 Å². The van der Waals surface area contributed by atoms with E-state index in [1.165, 1.54) is 36.4 Å². The second-order valence-electron chi connectivity index (χ2n) is 9.51. The molecule has 0 bridgehead atoms. The topological polar surface area (TPSA) is 264 Å². The van der Waals surface area contributed by atoms with Crippen molar-refractivity contribution in [2.24, 2.45) is 22.2 Å². The minimum Gasteiger partial charge on any atom is -0.508 e. The molecule has 1 aromatic carbocycles. The molecule has 12 N–H and O–H groups in total. The number of phenolic OH excluding ortho intramolecular Hbond substituents is 1. The number of amides is 3.